The Bertz CT molecular complexity index is 2200. The average Bonchev–Trinajstić information content (AvgIpc) is 3.72. The first kappa shape index (κ1) is 19.9. The highest BCUT2D eigenvalue weighted by atomic mass is 14.8. The minimum Gasteiger partial charge on any atom is -0.482 e. The SMILES string of the molecule is [NH-]c1ccc(-c2ccc3c(c2)c2cccc4c2c3c2cccc3c5cc(-c6ccc(N)[nH]6)ccc5c4c32)[nH]1. The van der Waals surface area contributed by atoms with Crippen LogP contribution < -0.4 is 5.73 Å². The third-order valence-electron chi connectivity index (χ3n) is 8.34. The molecule has 0 fully saturated rings. The zero-order chi connectivity index (χ0) is 25.1. The van der Waals surface area contributed by atoms with Gasteiger partial charge in [0.2, 0.25) is 0 Å². The van der Waals surface area contributed by atoms with E-state index in [1.807, 2.05) is 18.2 Å². The van der Waals surface area contributed by atoms with Gasteiger partial charge in [-0.2, -0.15) is 0 Å². The molecule has 9 rings (SSSR count). The summed E-state index contributed by atoms with van der Waals surface area (Å²) in [5.41, 5.74) is 18.1. The van der Waals surface area contributed by atoms with Gasteiger partial charge in [-0.15, -0.1) is 0 Å². The fourth-order valence-corrected chi connectivity index (χ4v) is 6.79. The maximum Gasteiger partial charge on any atom is 0.101 e. The summed E-state index contributed by atoms with van der Waals surface area (Å²) in [5.74, 6) is 1.10. The van der Waals surface area contributed by atoms with Crippen molar-refractivity contribution in [2.75, 3.05) is 5.73 Å². The zero-order valence-corrected chi connectivity index (χ0v) is 20.3. The summed E-state index contributed by atoms with van der Waals surface area (Å²) in [7, 11) is 0. The predicted octanol–water partition coefficient (Wildman–Crippen LogP) is 9.74. The Kier molecular flexibility index (Phi) is 3.54. The van der Waals surface area contributed by atoms with Crippen molar-refractivity contribution < 1.29 is 0 Å². The number of aromatic nitrogens is 2. The minimum absolute atomic E-state index is 0.428. The molecule has 0 aliphatic heterocycles. The normalized spacial score (nSPS) is 12.4. The third-order valence-corrected chi connectivity index (χ3v) is 8.34. The fraction of sp³-hybridized carbons (Fsp3) is 0. The van der Waals surface area contributed by atoms with E-state index in [2.05, 4.69) is 82.8 Å². The number of aromatic amines is 2. The van der Waals surface area contributed by atoms with Crippen LogP contribution in [0.5, 0.6) is 0 Å². The second kappa shape index (κ2) is 6.75. The molecular weight excluding hydrogens is 464 g/mol. The number of fused-ring (bicyclic) bond motifs is 8. The Balaban J connectivity index is 1.45. The van der Waals surface area contributed by atoms with Gasteiger partial charge in [0.25, 0.3) is 0 Å². The molecule has 4 nitrogen and oxygen atoms in total. The van der Waals surface area contributed by atoms with Crippen molar-refractivity contribution >= 4 is 76.3 Å². The number of hydrogen-bond donors (Lipinski definition) is 3. The highest BCUT2D eigenvalue weighted by Gasteiger charge is 2.22. The monoisotopic (exact) mass is 485 g/mol. The van der Waals surface area contributed by atoms with Crippen LogP contribution in [0.2, 0.25) is 0 Å². The first-order chi connectivity index (χ1) is 18.7. The Labute approximate surface area is 217 Å². The van der Waals surface area contributed by atoms with Crippen molar-refractivity contribution in [3.05, 3.63) is 103 Å². The van der Waals surface area contributed by atoms with Crippen LogP contribution in [0.25, 0.3) is 92.9 Å². The largest absolute Gasteiger partial charge is 0.482 e. The number of nitrogens with two attached hydrogens (primary N) is 1. The van der Waals surface area contributed by atoms with E-state index < -0.39 is 0 Å². The molecule has 5 N–H and O–H groups in total. The van der Waals surface area contributed by atoms with Crippen molar-refractivity contribution in [1.29, 1.82) is 0 Å². The second-order valence-corrected chi connectivity index (χ2v) is 10.3. The van der Waals surface area contributed by atoms with Crippen LogP contribution >= 0.6 is 0 Å². The van der Waals surface area contributed by atoms with Gasteiger partial charge < -0.3 is 21.4 Å². The molecule has 0 aliphatic carbocycles. The molecule has 0 unspecified atom stereocenters. The lowest BCUT2D eigenvalue weighted by atomic mass is 9.95. The lowest BCUT2D eigenvalue weighted by Crippen LogP contribution is -1.83. The lowest BCUT2D eigenvalue weighted by molar-refractivity contribution is 1.41. The maximum atomic E-state index is 7.92. The summed E-state index contributed by atoms with van der Waals surface area (Å²) < 4.78 is 0. The zero-order valence-electron chi connectivity index (χ0n) is 20.3. The van der Waals surface area contributed by atoms with E-state index in [-0.39, 0.29) is 0 Å². The molecule has 0 saturated carbocycles. The molecule has 0 aliphatic rings. The summed E-state index contributed by atoms with van der Waals surface area (Å²) in [5, 5.41) is 15.6. The highest BCUT2D eigenvalue weighted by molar-refractivity contribution is 6.47. The van der Waals surface area contributed by atoms with E-state index in [1.165, 1.54) is 64.6 Å². The van der Waals surface area contributed by atoms with Crippen molar-refractivity contribution in [1.82, 2.24) is 9.97 Å². The molecule has 0 spiro atoms. The van der Waals surface area contributed by atoms with Crippen LogP contribution in [0.3, 0.4) is 0 Å². The van der Waals surface area contributed by atoms with Gasteiger partial charge in [0, 0.05) is 5.69 Å². The number of nitrogens with one attached hydrogen (secondary N) is 3. The number of benzene rings is 5. The Morgan fingerprint density at radius 1 is 0.447 bits per heavy atom. The molecule has 9 aromatic rings. The Hall–Kier alpha value is -5.22. The fourth-order valence-electron chi connectivity index (χ4n) is 6.79. The number of H-pyrrole nitrogens is 2. The number of rotatable bonds is 2. The van der Waals surface area contributed by atoms with Crippen LogP contribution in [0.4, 0.5) is 11.6 Å². The second-order valence-electron chi connectivity index (χ2n) is 10.3. The molecule has 0 bridgehead atoms. The molecule has 0 radical (unpaired) electrons. The molecule has 0 atom stereocenters. The molecular formula is C34H21N4-. The van der Waals surface area contributed by atoms with Gasteiger partial charge in [0.05, 0.1) is 0 Å². The molecule has 4 heteroatoms. The lowest BCUT2D eigenvalue weighted by Gasteiger charge is -2.07. The van der Waals surface area contributed by atoms with Crippen LogP contribution in [0.1, 0.15) is 0 Å². The quantitative estimate of drug-likeness (QED) is 0.209. The van der Waals surface area contributed by atoms with E-state index in [9.17, 15) is 0 Å². The molecule has 178 valence electrons. The standard InChI is InChI=1S/C34H21N4/c35-29-13-11-27(37-29)17-7-9-21-25(15-17)19-3-1-5-23-31(19)34(21)24-6-2-4-20-26-16-18(28-12-14-30(36)38-28)8-10-22(26)33(23)32(20)24/h1-16,35,37-38H,36H2/q-1. The summed E-state index contributed by atoms with van der Waals surface area (Å²) >= 11 is 0. The van der Waals surface area contributed by atoms with E-state index in [1.54, 1.807) is 6.07 Å². The summed E-state index contributed by atoms with van der Waals surface area (Å²) in [4.78, 5) is 6.45. The smallest absolute Gasteiger partial charge is 0.101 e. The minimum atomic E-state index is 0.428. The highest BCUT2D eigenvalue weighted by Crippen LogP contribution is 2.50. The van der Waals surface area contributed by atoms with Gasteiger partial charge in [-0.3, -0.25) is 0 Å². The van der Waals surface area contributed by atoms with Gasteiger partial charge in [0.1, 0.15) is 5.82 Å². The van der Waals surface area contributed by atoms with Crippen LogP contribution in [-0.4, -0.2) is 9.97 Å². The van der Waals surface area contributed by atoms with Gasteiger partial charge in [0.15, 0.2) is 0 Å². The average molecular weight is 486 g/mol. The van der Waals surface area contributed by atoms with E-state index in [0.717, 1.165) is 22.5 Å². The molecule has 0 amide bonds. The van der Waals surface area contributed by atoms with Crippen LogP contribution in [-0.2, 0) is 0 Å². The van der Waals surface area contributed by atoms with Crippen molar-refractivity contribution in [3.63, 3.8) is 0 Å². The van der Waals surface area contributed by atoms with Crippen LogP contribution in [0, 0.1) is 0 Å². The van der Waals surface area contributed by atoms with Gasteiger partial charge in [-0.25, -0.2) is 0 Å². The first-order valence-corrected chi connectivity index (χ1v) is 12.8. The van der Waals surface area contributed by atoms with Crippen molar-refractivity contribution in [3.8, 4) is 22.5 Å². The number of nitrogen functional groups attached to an aromatic ring is 1. The first-order valence-electron chi connectivity index (χ1n) is 12.8. The molecule has 7 aromatic carbocycles. The summed E-state index contributed by atoms with van der Waals surface area (Å²) in [6.45, 7) is 0. The maximum absolute atomic E-state index is 7.92. The molecule has 0 saturated heterocycles. The van der Waals surface area contributed by atoms with Gasteiger partial charge >= 0.3 is 0 Å². The third kappa shape index (κ3) is 2.39. The molecule has 2 aromatic heterocycles. The van der Waals surface area contributed by atoms with Crippen molar-refractivity contribution in [2.24, 2.45) is 0 Å². The predicted molar refractivity (Wildman–Crippen MR) is 162 cm³/mol. The molecule has 38 heavy (non-hydrogen) atoms. The van der Waals surface area contributed by atoms with E-state index >= 15 is 0 Å². The van der Waals surface area contributed by atoms with Gasteiger partial charge in [-0.05, 0) is 106 Å². The summed E-state index contributed by atoms with van der Waals surface area (Å²) in [6.07, 6.45) is 0. The topological polar surface area (TPSA) is 81.4 Å². The summed E-state index contributed by atoms with van der Waals surface area (Å²) in [6, 6.07) is 34.7. The van der Waals surface area contributed by atoms with E-state index in [0.29, 0.717) is 11.6 Å². The van der Waals surface area contributed by atoms with Gasteiger partial charge in [-0.1, -0.05) is 78.6 Å². The number of hydrogen-bond acceptors (Lipinski definition) is 1. The van der Waals surface area contributed by atoms with Crippen LogP contribution in [0.15, 0.2) is 97.1 Å². The number of anilines is 1. The van der Waals surface area contributed by atoms with E-state index in [4.69, 9.17) is 11.5 Å². The van der Waals surface area contributed by atoms with Crippen molar-refractivity contribution in [2.45, 2.75) is 0 Å². The Morgan fingerprint density at radius 2 is 0.921 bits per heavy atom. The molecule has 2 heterocycles. The Morgan fingerprint density at radius 3 is 1.39 bits per heavy atom.